The Bertz CT molecular complexity index is 551. The highest BCUT2D eigenvalue weighted by atomic mass is 19.1. The van der Waals surface area contributed by atoms with Crippen LogP contribution in [0.1, 0.15) is 29.0 Å². The first-order valence-corrected chi connectivity index (χ1v) is 5.51. The quantitative estimate of drug-likeness (QED) is 0.783. The number of halogens is 1. The summed E-state index contributed by atoms with van der Waals surface area (Å²) in [4.78, 5) is 15.1. The van der Waals surface area contributed by atoms with Gasteiger partial charge in [0.15, 0.2) is 0 Å². The zero-order valence-electron chi connectivity index (χ0n) is 10.1. The molecule has 94 valence electrons. The predicted molar refractivity (Wildman–Crippen MR) is 63.8 cm³/mol. The van der Waals surface area contributed by atoms with Gasteiger partial charge in [-0.3, -0.25) is 4.57 Å². The van der Waals surface area contributed by atoms with E-state index in [1.807, 2.05) is 30.3 Å². The van der Waals surface area contributed by atoms with E-state index in [0.717, 1.165) is 5.56 Å². The third kappa shape index (κ3) is 2.11. The molecular formula is C13H13FN2O2. The molecule has 0 radical (unpaired) electrons. The van der Waals surface area contributed by atoms with Gasteiger partial charge in [-0.2, -0.15) is 4.39 Å². The van der Waals surface area contributed by atoms with Crippen LogP contribution in [-0.2, 0) is 4.74 Å². The van der Waals surface area contributed by atoms with Crippen molar-refractivity contribution in [2.75, 3.05) is 7.11 Å². The van der Waals surface area contributed by atoms with Gasteiger partial charge < -0.3 is 4.74 Å². The minimum absolute atomic E-state index is 0.103. The van der Waals surface area contributed by atoms with Gasteiger partial charge in [0.25, 0.3) is 6.08 Å². The van der Waals surface area contributed by atoms with Gasteiger partial charge in [-0.05, 0) is 12.5 Å². The highest BCUT2D eigenvalue weighted by molar-refractivity contribution is 5.87. The summed E-state index contributed by atoms with van der Waals surface area (Å²) in [6.45, 7) is 1.80. The van der Waals surface area contributed by atoms with Gasteiger partial charge in [-0.25, -0.2) is 9.78 Å². The topological polar surface area (TPSA) is 44.1 Å². The number of carbonyl (C=O) groups excluding carboxylic acids is 1. The molecule has 0 bridgehead atoms. The normalized spacial score (nSPS) is 12.2. The smallest absolute Gasteiger partial charge is 0.356 e. The molecule has 0 aliphatic heterocycles. The number of hydrogen-bond acceptors (Lipinski definition) is 3. The molecule has 1 aromatic heterocycles. The second-order valence-electron chi connectivity index (χ2n) is 3.86. The fraction of sp³-hybridized carbons (Fsp3) is 0.231. The summed E-state index contributed by atoms with van der Waals surface area (Å²) in [6.07, 6.45) is 0.479. The SMILES string of the molecule is COC(=O)c1cnc(F)n1[C@H](C)c1ccccc1. The van der Waals surface area contributed by atoms with Crippen molar-refractivity contribution in [2.45, 2.75) is 13.0 Å². The maximum atomic E-state index is 13.7. The van der Waals surface area contributed by atoms with Crippen molar-refractivity contribution < 1.29 is 13.9 Å². The van der Waals surface area contributed by atoms with E-state index in [9.17, 15) is 9.18 Å². The van der Waals surface area contributed by atoms with Gasteiger partial charge in [0.2, 0.25) is 0 Å². The fourth-order valence-electron chi connectivity index (χ4n) is 1.84. The highest BCUT2D eigenvalue weighted by Crippen LogP contribution is 2.21. The number of imidazole rings is 1. The van der Waals surface area contributed by atoms with Crippen LogP contribution < -0.4 is 0 Å². The molecule has 0 aliphatic rings. The average Bonchev–Trinajstić information content (AvgIpc) is 2.80. The second kappa shape index (κ2) is 5.00. The van der Waals surface area contributed by atoms with Crippen molar-refractivity contribution in [1.82, 2.24) is 9.55 Å². The number of esters is 1. The molecule has 2 rings (SSSR count). The Balaban J connectivity index is 2.45. The molecule has 0 N–H and O–H groups in total. The monoisotopic (exact) mass is 248 g/mol. The van der Waals surface area contributed by atoms with Crippen LogP contribution in [0.2, 0.25) is 0 Å². The van der Waals surface area contributed by atoms with Crippen molar-refractivity contribution in [3.05, 3.63) is 53.9 Å². The second-order valence-corrected chi connectivity index (χ2v) is 3.86. The molecule has 0 saturated heterocycles. The van der Waals surface area contributed by atoms with Crippen LogP contribution in [-0.4, -0.2) is 22.6 Å². The Morgan fingerprint density at radius 2 is 2.06 bits per heavy atom. The fourth-order valence-corrected chi connectivity index (χ4v) is 1.84. The summed E-state index contributed by atoms with van der Waals surface area (Å²) in [6, 6.07) is 9.00. The third-order valence-electron chi connectivity index (χ3n) is 2.82. The van der Waals surface area contributed by atoms with E-state index in [1.165, 1.54) is 17.9 Å². The summed E-state index contributed by atoms with van der Waals surface area (Å²) >= 11 is 0. The van der Waals surface area contributed by atoms with Gasteiger partial charge in [-0.15, -0.1) is 0 Å². The Kier molecular flexibility index (Phi) is 3.41. The number of methoxy groups -OCH3 is 1. The number of carbonyl (C=O) groups is 1. The molecule has 0 aliphatic carbocycles. The van der Waals surface area contributed by atoms with Crippen molar-refractivity contribution in [2.24, 2.45) is 0 Å². The molecule has 0 spiro atoms. The Morgan fingerprint density at radius 3 is 2.67 bits per heavy atom. The molecule has 1 heterocycles. The number of nitrogens with zero attached hydrogens (tertiary/aromatic N) is 2. The Labute approximate surface area is 104 Å². The van der Waals surface area contributed by atoms with E-state index >= 15 is 0 Å². The summed E-state index contributed by atoms with van der Waals surface area (Å²) in [5.41, 5.74) is 0.992. The molecule has 1 aromatic carbocycles. The zero-order valence-corrected chi connectivity index (χ0v) is 10.1. The molecule has 0 fully saturated rings. The van der Waals surface area contributed by atoms with E-state index in [-0.39, 0.29) is 11.7 Å². The van der Waals surface area contributed by atoms with Crippen molar-refractivity contribution in [3.63, 3.8) is 0 Å². The molecule has 2 aromatic rings. The summed E-state index contributed by atoms with van der Waals surface area (Å²) in [5.74, 6) is -0.603. The third-order valence-corrected chi connectivity index (χ3v) is 2.82. The number of benzene rings is 1. The van der Waals surface area contributed by atoms with Crippen molar-refractivity contribution in [1.29, 1.82) is 0 Å². The minimum Gasteiger partial charge on any atom is -0.464 e. The van der Waals surface area contributed by atoms with Gasteiger partial charge in [0, 0.05) is 0 Å². The van der Waals surface area contributed by atoms with E-state index < -0.39 is 12.0 Å². The molecule has 0 unspecified atom stereocenters. The predicted octanol–water partition coefficient (Wildman–Crippen LogP) is 2.42. The Hall–Kier alpha value is -2.17. The van der Waals surface area contributed by atoms with Gasteiger partial charge in [-0.1, -0.05) is 30.3 Å². The molecule has 18 heavy (non-hydrogen) atoms. The lowest BCUT2D eigenvalue weighted by atomic mass is 10.1. The molecule has 5 heteroatoms. The average molecular weight is 248 g/mol. The van der Waals surface area contributed by atoms with Gasteiger partial charge >= 0.3 is 5.97 Å². The highest BCUT2D eigenvalue weighted by Gasteiger charge is 2.21. The number of hydrogen-bond donors (Lipinski definition) is 0. The number of aromatic nitrogens is 2. The van der Waals surface area contributed by atoms with Crippen molar-refractivity contribution in [3.8, 4) is 0 Å². The van der Waals surface area contributed by atoms with Gasteiger partial charge in [0.1, 0.15) is 5.69 Å². The van der Waals surface area contributed by atoms with Crippen LogP contribution in [0.3, 0.4) is 0 Å². The van der Waals surface area contributed by atoms with Crippen LogP contribution in [0.15, 0.2) is 36.5 Å². The van der Waals surface area contributed by atoms with E-state index in [2.05, 4.69) is 9.72 Å². The molecule has 0 saturated carbocycles. The first kappa shape index (κ1) is 12.3. The standard InChI is InChI=1S/C13H13FN2O2/c1-9(10-6-4-3-5-7-10)16-11(12(17)18-2)8-15-13(16)14/h3-9H,1-2H3/t9-/m1/s1. The number of rotatable bonds is 3. The van der Waals surface area contributed by atoms with Gasteiger partial charge in [0.05, 0.1) is 19.3 Å². The first-order chi connectivity index (χ1) is 8.65. The van der Waals surface area contributed by atoms with E-state index in [4.69, 9.17) is 0 Å². The van der Waals surface area contributed by atoms with Crippen LogP contribution in [0, 0.1) is 6.08 Å². The maximum Gasteiger partial charge on any atom is 0.356 e. The van der Waals surface area contributed by atoms with Crippen LogP contribution >= 0.6 is 0 Å². The van der Waals surface area contributed by atoms with Crippen LogP contribution in [0.5, 0.6) is 0 Å². The molecular weight excluding hydrogens is 235 g/mol. The van der Waals surface area contributed by atoms with E-state index in [0.29, 0.717) is 0 Å². The number of ether oxygens (including phenoxy) is 1. The van der Waals surface area contributed by atoms with Crippen molar-refractivity contribution >= 4 is 5.97 Å². The maximum absolute atomic E-state index is 13.7. The molecule has 4 nitrogen and oxygen atoms in total. The lowest BCUT2D eigenvalue weighted by molar-refractivity contribution is 0.0585. The molecule has 1 atom stereocenters. The van der Waals surface area contributed by atoms with E-state index in [1.54, 1.807) is 6.92 Å². The zero-order chi connectivity index (χ0) is 13.1. The Morgan fingerprint density at radius 1 is 1.39 bits per heavy atom. The summed E-state index contributed by atoms with van der Waals surface area (Å²) in [5, 5.41) is 0. The first-order valence-electron chi connectivity index (χ1n) is 5.51. The lowest BCUT2D eigenvalue weighted by Crippen LogP contribution is -2.16. The summed E-state index contributed by atoms with van der Waals surface area (Å²) in [7, 11) is 1.25. The minimum atomic E-state index is -0.702. The molecule has 0 amide bonds. The van der Waals surface area contributed by atoms with Crippen LogP contribution in [0.25, 0.3) is 0 Å². The largest absolute Gasteiger partial charge is 0.464 e. The van der Waals surface area contributed by atoms with Crippen LogP contribution in [0.4, 0.5) is 4.39 Å². The summed E-state index contributed by atoms with van der Waals surface area (Å²) < 4.78 is 19.5. The lowest BCUT2D eigenvalue weighted by Gasteiger charge is -2.16.